The maximum Gasteiger partial charge on any atom is 0.228 e. The Kier molecular flexibility index (Phi) is 3.32. The number of aromatic nitrogens is 1. The monoisotopic (exact) mass is 251 g/mol. The van der Waals surface area contributed by atoms with Gasteiger partial charge in [-0.1, -0.05) is 25.9 Å². The van der Waals surface area contributed by atoms with Gasteiger partial charge in [0.05, 0.1) is 0 Å². The average Bonchev–Trinajstić information content (AvgIpc) is 2.74. The van der Waals surface area contributed by atoms with Crippen molar-refractivity contribution in [2.75, 3.05) is 31.1 Å². The largest absolute Gasteiger partial charge is 0.360 e. The Morgan fingerprint density at radius 3 is 2.33 bits per heavy atom. The molecule has 5 heteroatoms. The number of nitrogens with zero attached hydrogens (tertiary/aromatic N) is 3. The third-order valence-corrected chi connectivity index (χ3v) is 3.15. The summed E-state index contributed by atoms with van der Waals surface area (Å²) in [6.45, 7) is 10.9. The quantitative estimate of drug-likeness (QED) is 0.762. The van der Waals surface area contributed by atoms with Gasteiger partial charge in [-0.3, -0.25) is 4.79 Å². The molecule has 1 aliphatic heterocycles. The third kappa shape index (κ3) is 2.66. The van der Waals surface area contributed by atoms with Gasteiger partial charge in [0, 0.05) is 37.7 Å². The van der Waals surface area contributed by atoms with Crippen molar-refractivity contribution < 1.29 is 9.32 Å². The molecule has 1 saturated heterocycles. The van der Waals surface area contributed by atoms with E-state index in [1.807, 2.05) is 38.7 Å². The molecule has 1 aromatic rings. The second kappa shape index (κ2) is 4.63. The van der Waals surface area contributed by atoms with Crippen molar-refractivity contribution in [1.29, 1.82) is 0 Å². The van der Waals surface area contributed by atoms with Crippen LogP contribution in [-0.4, -0.2) is 42.1 Å². The molecule has 0 aromatic carbocycles. The summed E-state index contributed by atoms with van der Waals surface area (Å²) in [7, 11) is 0. The van der Waals surface area contributed by atoms with Gasteiger partial charge < -0.3 is 14.3 Å². The minimum absolute atomic E-state index is 0.221. The van der Waals surface area contributed by atoms with Crippen molar-refractivity contribution in [3.8, 4) is 0 Å². The Morgan fingerprint density at radius 1 is 1.28 bits per heavy atom. The molecule has 1 fully saturated rings. The van der Waals surface area contributed by atoms with Crippen LogP contribution in [0.5, 0.6) is 0 Å². The maximum absolute atomic E-state index is 12.1. The fourth-order valence-electron chi connectivity index (χ4n) is 2.12. The summed E-state index contributed by atoms with van der Waals surface area (Å²) in [4.78, 5) is 16.2. The normalized spacial score (nSPS) is 17.1. The number of piperazine rings is 1. The molecule has 0 atom stereocenters. The van der Waals surface area contributed by atoms with Crippen LogP contribution in [0.4, 0.5) is 5.82 Å². The van der Waals surface area contributed by atoms with E-state index in [1.54, 1.807) is 0 Å². The molecule has 18 heavy (non-hydrogen) atoms. The molecule has 100 valence electrons. The van der Waals surface area contributed by atoms with Crippen LogP contribution in [-0.2, 0) is 4.79 Å². The van der Waals surface area contributed by atoms with Gasteiger partial charge in [-0.2, -0.15) is 0 Å². The van der Waals surface area contributed by atoms with Gasteiger partial charge in [-0.05, 0) is 6.92 Å². The number of carbonyl (C=O) groups is 1. The minimum Gasteiger partial charge on any atom is -0.360 e. The zero-order valence-corrected chi connectivity index (χ0v) is 11.6. The molecule has 0 aliphatic carbocycles. The van der Waals surface area contributed by atoms with Crippen molar-refractivity contribution in [3.05, 3.63) is 11.8 Å². The van der Waals surface area contributed by atoms with Crippen LogP contribution < -0.4 is 4.90 Å². The first-order valence-electron chi connectivity index (χ1n) is 6.35. The smallest absolute Gasteiger partial charge is 0.228 e. The molecule has 0 bridgehead atoms. The molecule has 2 rings (SSSR count). The van der Waals surface area contributed by atoms with E-state index >= 15 is 0 Å². The van der Waals surface area contributed by atoms with Crippen molar-refractivity contribution in [2.45, 2.75) is 27.7 Å². The van der Waals surface area contributed by atoms with Crippen LogP contribution in [0.25, 0.3) is 0 Å². The molecule has 0 N–H and O–H groups in total. The maximum atomic E-state index is 12.1. The van der Waals surface area contributed by atoms with Crippen LogP contribution in [0, 0.1) is 12.3 Å². The Balaban J connectivity index is 1.94. The van der Waals surface area contributed by atoms with E-state index in [0.717, 1.165) is 37.8 Å². The van der Waals surface area contributed by atoms with Gasteiger partial charge in [-0.25, -0.2) is 0 Å². The Labute approximate surface area is 108 Å². The Bertz CT molecular complexity index is 426. The third-order valence-electron chi connectivity index (χ3n) is 3.15. The SMILES string of the molecule is Cc1cc(N2CCN(C(=O)C(C)(C)C)CC2)no1. The van der Waals surface area contributed by atoms with E-state index in [-0.39, 0.29) is 11.3 Å². The summed E-state index contributed by atoms with van der Waals surface area (Å²) >= 11 is 0. The predicted octanol–water partition coefficient (Wildman–Crippen LogP) is 1.68. The topological polar surface area (TPSA) is 49.6 Å². The molecule has 0 spiro atoms. The number of rotatable bonds is 1. The van der Waals surface area contributed by atoms with Crippen molar-refractivity contribution >= 4 is 11.7 Å². The lowest BCUT2D eigenvalue weighted by molar-refractivity contribution is -0.139. The zero-order chi connectivity index (χ0) is 13.3. The minimum atomic E-state index is -0.299. The first-order valence-corrected chi connectivity index (χ1v) is 6.35. The molecule has 0 saturated carbocycles. The average molecular weight is 251 g/mol. The van der Waals surface area contributed by atoms with Crippen LogP contribution in [0.3, 0.4) is 0 Å². The van der Waals surface area contributed by atoms with E-state index in [0.29, 0.717) is 0 Å². The lowest BCUT2D eigenvalue weighted by Gasteiger charge is -2.37. The van der Waals surface area contributed by atoms with Crippen molar-refractivity contribution in [2.24, 2.45) is 5.41 Å². The highest BCUT2D eigenvalue weighted by Gasteiger charge is 2.30. The molecular weight excluding hydrogens is 230 g/mol. The van der Waals surface area contributed by atoms with Crippen LogP contribution in [0.1, 0.15) is 26.5 Å². The van der Waals surface area contributed by atoms with Crippen LogP contribution in [0.2, 0.25) is 0 Å². The summed E-state index contributed by atoms with van der Waals surface area (Å²) in [5.74, 6) is 1.91. The molecule has 5 nitrogen and oxygen atoms in total. The first-order chi connectivity index (χ1) is 8.38. The summed E-state index contributed by atoms with van der Waals surface area (Å²) in [6, 6.07) is 1.93. The van der Waals surface area contributed by atoms with Crippen LogP contribution >= 0.6 is 0 Å². The molecule has 2 heterocycles. The van der Waals surface area contributed by atoms with E-state index in [9.17, 15) is 4.79 Å². The molecule has 0 radical (unpaired) electrons. The number of amides is 1. The fourth-order valence-corrected chi connectivity index (χ4v) is 2.12. The summed E-state index contributed by atoms with van der Waals surface area (Å²) in [6.07, 6.45) is 0. The number of carbonyl (C=O) groups excluding carboxylic acids is 1. The van der Waals surface area contributed by atoms with Gasteiger partial charge in [-0.15, -0.1) is 0 Å². The summed E-state index contributed by atoms with van der Waals surface area (Å²) < 4.78 is 5.07. The van der Waals surface area contributed by atoms with E-state index in [4.69, 9.17) is 4.52 Å². The summed E-state index contributed by atoms with van der Waals surface area (Å²) in [5, 5.41) is 4.01. The summed E-state index contributed by atoms with van der Waals surface area (Å²) in [5.41, 5.74) is -0.299. The van der Waals surface area contributed by atoms with Crippen molar-refractivity contribution in [1.82, 2.24) is 10.1 Å². The number of aryl methyl sites for hydroxylation is 1. The Morgan fingerprint density at radius 2 is 1.89 bits per heavy atom. The highest BCUT2D eigenvalue weighted by atomic mass is 16.5. The number of hydrogen-bond donors (Lipinski definition) is 0. The molecule has 0 unspecified atom stereocenters. The van der Waals surface area contributed by atoms with Gasteiger partial charge in [0.2, 0.25) is 5.91 Å². The zero-order valence-electron chi connectivity index (χ0n) is 11.6. The van der Waals surface area contributed by atoms with Gasteiger partial charge in [0.1, 0.15) is 5.76 Å². The lowest BCUT2D eigenvalue weighted by atomic mass is 9.94. The molecule has 1 amide bonds. The Hall–Kier alpha value is -1.52. The van der Waals surface area contributed by atoms with Crippen molar-refractivity contribution in [3.63, 3.8) is 0 Å². The standard InChI is InChI=1S/C13H21N3O2/c1-10-9-11(14-18-10)15-5-7-16(8-6-15)12(17)13(2,3)4/h9H,5-8H2,1-4H3. The molecule has 1 aromatic heterocycles. The molecule has 1 aliphatic rings. The number of anilines is 1. The number of hydrogen-bond acceptors (Lipinski definition) is 4. The van der Waals surface area contributed by atoms with Gasteiger partial charge in [0.25, 0.3) is 0 Å². The first kappa shape index (κ1) is 12.9. The van der Waals surface area contributed by atoms with E-state index in [2.05, 4.69) is 10.1 Å². The fraction of sp³-hybridized carbons (Fsp3) is 0.692. The predicted molar refractivity (Wildman–Crippen MR) is 69.5 cm³/mol. The van der Waals surface area contributed by atoms with E-state index < -0.39 is 0 Å². The van der Waals surface area contributed by atoms with E-state index in [1.165, 1.54) is 0 Å². The highest BCUT2D eigenvalue weighted by Crippen LogP contribution is 2.21. The van der Waals surface area contributed by atoms with Crippen LogP contribution in [0.15, 0.2) is 10.6 Å². The highest BCUT2D eigenvalue weighted by molar-refractivity contribution is 5.81. The molecular formula is C13H21N3O2. The van der Waals surface area contributed by atoms with Gasteiger partial charge in [0.15, 0.2) is 5.82 Å². The van der Waals surface area contributed by atoms with Gasteiger partial charge >= 0.3 is 0 Å². The lowest BCUT2D eigenvalue weighted by Crippen LogP contribution is -2.51. The second-order valence-electron chi connectivity index (χ2n) is 5.83. The second-order valence-corrected chi connectivity index (χ2v) is 5.83.